The highest BCUT2D eigenvalue weighted by molar-refractivity contribution is 5.86. The summed E-state index contributed by atoms with van der Waals surface area (Å²) in [6.07, 6.45) is 8.12. The van der Waals surface area contributed by atoms with E-state index in [0.29, 0.717) is 6.42 Å². The number of ketones is 1. The Bertz CT molecular complexity index is 363. The summed E-state index contributed by atoms with van der Waals surface area (Å²) in [6.45, 7) is 5.33. The van der Waals surface area contributed by atoms with Gasteiger partial charge in [0.2, 0.25) is 0 Å². The van der Waals surface area contributed by atoms with Crippen LogP contribution in [-0.4, -0.2) is 21.5 Å². The van der Waals surface area contributed by atoms with E-state index >= 15 is 0 Å². The average Bonchev–Trinajstić information content (AvgIpc) is 2.85. The Labute approximate surface area is 116 Å². The molecule has 108 valence electrons. The van der Waals surface area contributed by atoms with Crippen molar-refractivity contribution in [3.05, 3.63) is 24.0 Å². The Morgan fingerprint density at radius 2 is 2.11 bits per heavy atom. The SMILES string of the molecule is CCCCCC[C@@H](CC(=O)C(C)(C)O)c1ccc[nH]1. The van der Waals surface area contributed by atoms with Crippen molar-refractivity contribution in [2.45, 2.75) is 70.8 Å². The maximum atomic E-state index is 12.0. The number of H-pyrrole nitrogens is 1. The van der Waals surface area contributed by atoms with Crippen LogP contribution in [0.25, 0.3) is 0 Å². The molecule has 0 spiro atoms. The molecule has 0 fully saturated rings. The third-order valence-electron chi connectivity index (χ3n) is 3.58. The highest BCUT2D eigenvalue weighted by Gasteiger charge is 2.27. The molecule has 0 bridgehead atoms. The first kappa shape index (κ1) is 16.0. The van der Waals surface area contributed by atoms with Crippen LogP contribution in [0.15, 0.2) is 18.3 Å². The standard InChI is InChI=1S/C16H27NO2/c1-4-5-6-7-9-13(14-10-8-11-17-14)12-15(18)16(2,3)19/h8,10-11,13,17,19H,4-7,9,12H2,1-3H3/t13-/m0/s1. The Morgan fingerprint density at radius 3 is 2.63 bits per heavy atom. The van der Waals surface area contributed by atoms with Crippen LogP contribution in [0, 0.1) is 0 Å². The minimum atomic E-state index is -1.23. The van der Waals surface area contributed by atoms with Gasteiger partial charge >= 0.3 is 0 Å². The van der Waals surface area contributed by atoms with Crippen molar-refractivity contribution >= 4 is 5.78 Å². The zero-order valence-corrected chi connectivity index (χ0v) is 12.4. The Morgan fingerprint density at radius 1 is 1.37 bits per heavy atom. The Kier molecular flexibility index (Phi) is 6.29. The first-order chi connectivity index (χ1) is 8.95. The monoisotopic (exact) mass is 265 g/mol. The van der Waals surface area contributed by atoms with E-state index in [4.69, 9.17) is 0 Å². The van der Waals surface area contributed by atoms with Crippen LogP contribution in [0.2, 0.25) is 0 Å². The number of carbonyl (C=O) groups excluding carboxylic acids is 1. The number of aromatic amines is 1. The second-order valence-corrected chi connectivity index (χ2v) is 5.86. The summed E-state index contributed by atoms with van der Waals surface area (Å²) in [7, 11) is 0. The second-order valence-electron chi connectivity index (χ2n) is 5.86. The normalized spacial score (nSPS) is 13.5. The molecule has 0 radical (unpaired) electrons. The number of hydrogen-bond acceptors (Lipinski definition) is 2. The number of Topliss-reactive ketones (excluding diaryl/α,β-unsaturated/α-hetero) is 1. The zero-order valence-electron chi connectivity index (χ0n) is 12.4. The summed E-state index contributed by atoms with van der Waals surface area (Å²) < 4.78 is 0. The average molecular weight is 265 g/mol. The van der Waals surface area contributed by atoms with Crippen LogP contribution in [-0.2, 0) is 4.79 Å². The summed E-state index contributed by atoms with van der Waals surface area (Å²) in [5.74, 6) is 0.119. The second kappa shape index (κ2) is 7.49. The lowest BCUT2D eigenvalue weighted by atomic mass is 9.88. The molecule has 19 heavy (non-hydrogen) atoms. The maximum Gasteiger partial charge on any atom is 0.164 e. The van der Waals surface area contributed by atoms with Gasteiger partial charge in [-0.3, -0.25) is 4.79 Å². The summed E-state index contributed by atoms with van der Waals surface area (Å²) in [5, 5.41) is 9.78. The molecule has 1 heterocycles. The number of carbonyl (C=O) groups is 1. The molecule has 1 rings (SSSR count). The molecule has 3 heteroatoms. The molecule has 0 unspecified atom stereocenters. The van der Waals surface area contributed by atoms with Gasteiger partial charge in [0.1, 0.15) is 5.60 Å². The molecule has 3 nitrogen and oxygen atoms in total. The van der Waals surface area contributed by atoms with Gasteiger partial charge in [-0.1, -0.05) is 32.6 Å². The van der Waals surface area contributed by atoms with Gasteiger partial charge in [0.25, 0.3) is 0 Å². The molecule has 0 aromatic carbocycles. The third kappa shape index (κ3) is 5.60. The number of hydrogen-bond donors (Lipinski definition) is 2. The fourth-order valence-electron chi connectivity index (χ4n) is 2.26. The van der Waals surface area contributed by atoms with Crippen LogP contribution in [0.4, 0.5) is 0 Å². The van der Waals surface area contributed by atoms with Gasteiger partial charge in [-0.15, -0.1) is 0 Å². The van der Waals surface area contributed by atoms with Crippen LogP contribution in [0.3, 0.4) is 0 Å². The van der Waals surface area contributed by atoms with Gasteiger partial charge in [0.15, 0.2) is 5.78 Å². The molecule has 0 saturated heterocycles. The molecule has 1 aromatic rings. The highest BCUT2D eigenvalue weighted by Crippen LogP contribution is 2.27. The number of aliphatic hydroxyl groups is 1. The third-order valence-corrected chi connectivity index (χ3v) is 3.58. The summed E-state index contributed by atoms with van der Waals surface area (Å²) >= 11 is 0. The lowest BCUT2D eigenvalue weighted by Crippen LogP contribution is -2.32. The van der Waals surface area contributed by atoms with Crippen molar-refractivity contribution in [1.82, 2.24) is 4.98 Å². The van der Waals surface area contributed by atoms with Crippen LogP contribution in [0.5, 0.6) is 0 Å². The molecule has 0 saturated carbocycles. The van der Waals surface area contributed by atoms with E-state index in [9.17, 15) is 9.90 Å². The van der Waals surface area contributed by atoms with E-state index in [1.807, 2.05) is 18.3 Å². The van der Waals surface area contributed by atoms with Gasteiger partial charge in [-0.25, -0.2) is 0 Å². The lowest BCUT2D eigenvalue weighted by molar-refractivity contribution is -0.134. The molecule has 0 aliphatic carbocycles. The number of nitrogens with one attached hydrogen (secondary N) is 1. The number of unbranched alkanes of at least 4 members (excludes halogenated alkanes) is 3. The van der Waals surface area contributed by atoms with Gasteiger partial charge in [0.05, 0.1) is 0 Å². The smallest absolute Gasteiger partial charge is 0.164 e. The van der Waals surface area contributed by atoms with Crippen molar-refractivity contribution in [3.8, 4) is 0 Å². The Hall–Kier alpha value is -1.09. The van der Waals surface area contributed by atoms with Crippen molar-refractivity contribution in [2.75, 3.05) is 0 Å². The van der Waals surface area contributed by atoms with Crippen LogP contribution < -0.4 is 0 Å². The minimum absolute atomic E-state index is 0.0809. The van der Waals surface area contributed by atoms with E-state index < -0.39 is 5.60 Å². The first-order valence-electron chi connectivity index (χ1n) is 7.34. The quantitative estimate of drug-likeness (QED) is 0.667. The summed E-state index contributed by atoms with van der Waals surface area (Å²) in [4.78, 5) is 15.2. The molecule has 0 aliphatic heterocycles. The fourth-order valence-corrected chi connectivity index (χ4v) is 2.26. The van der Waals surface area contributed by atoms with Gasteiger partial charge in [-0.05, 0) is 32.4 Å². The van der Waals surface area contributed by atoms with Crippen LogP contribution in [0.1, 0.15) is 70.9 Å². The van der Waals surface area contributed by atoms with Crippen molar-refractivity contribution in [3.63, 3.8) is 0 Å². The van der Waals surface area contributed by atoms with E-state index in [2.05, 4.69) is 11.9 Å². The van der Waals surface area contributed by atoms with E-state index in [1.54, 1.807) is 13.8 Å². The largest absolute Gasteiger partial charge is 0.383 e. The van der Waals surface area contributed by atoms with E-state index in [-0.39, 0.29) is 11.7 Å². The Balaban J connectivity index is 2.58. The summed E-state index contributed by atoms with van der Waals surface area (Å²) in [5.41, 5.74) is -0.122. The van der Waals surface area contributed by atoms with Crippen molar-refractivity contribution in [1.29, 1.82) is 0 Å². The zero-order chi connectivity index (χ0) is 14.3. The molecule has 1 aromatic heterocycles. The fraction of sp³-hybridized carbons (Fsp3) is 0.688. The lowest BCUT2D eigenvalue weighted by Gasteiger charge is -2.21. The first-order valence-corrected chi connectivity index (χ1v) is 7.34. The molecular formula is C16H27NO2. The van der Waals surface area contributed by atoms with Crippen molar-refractivity contribution in [2.24, 2.45) is 0 Å². The minimum Gasteiger partial charge on any atom is -0.383 e. The van der Waals surface area contributed by atoms with Crippen LogP contribution >= 0.6 is 0 Å². The molecule has 0 amide bonds. The molecule has 0 aliphatic rings. The van der Waals surface area contributed by atoms with Gasteiger partial charge in [0, 0.05) is 24.2 Å². The molecular weight excluding hydrogens is 238 g/mol. The summed E-state index contributed by atoms with van der Waals surface area (Å²) in [6, 6.07) is 3.99. The predicted octanol–water partition coefficient (Wildman–Crippen LogP) is 3.80. The highest BCUT2D eigenvalue weighted by atomic mass is 16.3. The van der Waals surface area contributed by atoms with Gasteiger partial charge in [-0.2, -0.15) is 0 Å². The molecule has 1 atom stereocenters. The maximum absolute atomic E-state index is 12.0. The van der Waals surface area contributed by atoms with Gasteiger partial charge < -0.3 is 10.1 Å². The number of aromatic nitrogens is 1. The topological polar surface area (TPSA) is 53.1 Å². The predicted molar refractivity (Wildman–Crippen MR) is 78.2 cm³/mol. The molecule has 2 N–H and O–H groups in total. The van der Waals surface area contributed by atoms with E-state index in [0.717, 1.165) is 18.5 Å². The van der Waals surface area contributed by atoms with E-state index in [1.165, 1.54) is 19.3 Å². The van der Waals surface area contributed by atoms with Crippen molar-refractivity contribution < 1.29 is 9.90 Å². The number of rotatable bonds is 9.